The van der Waals surface area contributed by atoms with Gasteiger partial charge >= 0.3 is 0 Å². The summed E-state index contributed by atoms with van der Waals surface area (Å²) in [5, 5.41) is 9.63. The molecule has 0 aromatic heterocycles. The Morgan fingerprint density at radius 3 is 2.37 bits per heavy atom. The Morgan fingerprint density at radius 1 is 0.921 bits per heavy atom. The topological polar surface area (TPSA) is 73.5 Å². The maximum absolute atomic E-state index is 13.3. The molecule has 5 rings (SSSR count). The molecule has 1 saturated carbocycles. The van der Waals surface area contributed by atoms with Crippen molar-refractivity contribution >= 4 is 34.5 Å². The smallest absolute Gasteiger partial charge is 0.258 e. The largest absolute Gasteiger partial charge is 0.354 e. The Morgan fingerprint density at radius 2 is 1.66 bits per heavy atom. The van der Waals surface area contributed by atoms with Crippen LogP contribution in [0.3, 0.4) is 0 Å². The number of rotatable bonds is 8. The first-order valence-electron chi connectivity index (χ1n) is 13.5. The van der Waals surface area contributed by atoms with Gasteiger partial charge in [-0.25, -0.2) is 0 Å². The van der Waals surface area contributed by atoms with Gasteiger partial charge in [0.25, 0.3) is 11.8 Å². The van der Waals surface area contributed by atoms with E-state index in [1.54, 1.807) is 6.07 Å². The fourth-order valence-corrected chi connectivity index (χ4v) is 5.37. The number of amides is 2. The summed E-state index contributed by atoms with van der Waals surface area (Å²) < 4.78 is 0. The van der Waals surface area contributed by atoms with Crippen LogP contribution in [0.25, 0.3) is 11.3 Å². The van der Waals surface area contributed by atoms with Crippen LogP contribution in [0, 0.1) is 5.92 Å². The number of carbonyl (C=O) groups is 2. The monoisotopic (exact) mass is 508 g/mol. The van der Waals surface area contributed by atoms with Crippen molar-refractivity contribution in [1.82, 2.24) is 10.2 Å². The minimum absolute atomic E-state index is 0.0947. The molecule has 0 bridgehead atoms. The van der Waals surface area contributed by atoms with Crippen molar-refractivity contribution in [1.29, 1.82) is 0 Å². The number of benzene rings is 3. The number of hydrogen-bond donors (Lipinski definition) is 3. The van der Waals surface area contributed by atoms with Crippen LogP contribution in [0.2, 0.25) is 0 Å². The molecule has 1 heterocycles. The molecule has 1 aliphatic carbocycles. The zero-order chi connectivity index (χ0) is 26.5. The summed E-state index contributed by atoms with van der Waals surface area (Å²) in [6, 6.07) is 23.6. The van der Waals surface area contributed by atoms with Crippen LogP contribution < -0.4 is 16.0 Å². The maximum atomic E-state index is 13.3. The molecule has 0 radical (unpaired) electrons. The fourth-order valence-electron chi connectivity index (χ4n) is 5.37. The van der Waals surface area contributed by atoms with Crippen molar-refractivity contribution < 1.29 is 9.59 Å². The molecular weight excluding hydrogens is 472 g/mol. The highest BCUT2D eigenvalue weighted by molar-refractivity contribution is 6.37. The van der Waals surface area contributed by atoms with E-state index in [2.05, 4.69) is 33.0 Å². The average molecular weight is 509 g/mol. The van der Waals surface area contributed by atoms with Crippen LogP contribution in [0.1, 0.15) is 59.2 Å². The van der Waals surface area contributed by atoms with Crippen molar-refractivity contribution in [2.75, 3.05) is 31.3 Å². The van der Waals surface area contributed by atoms with E-state index in [0.717, 1.165) is 23.4 Å². The number of carbonyl (C=O) groups excluding carboxylic acids is 2. The highest BCUT2D eigenvalue weighted by Gasteiger charge is 2.29. The Hall–Kier alpha value is -3.90. The summed E-state index contributed by atoms with van der Waals surface area (Å²) in [7, 11) is 4.09. The van der Waals surface area contributed by atoms with E-state index >= 15 is 0 Å². The molecule has 0 unspecified atom stereocenters. The van der Waals surface area contributed by atoms with Crippen LogP contribution in [-0.4, -0.2) is 37.4 Å². The zero-order valence-electron chi connectivity index (χ0n) is 22.2. The first-order chi connectivity index (χ1) is 18.5. The first kappa shape index (κ1) is 25.7. The Balaban J connectivity index is 1.46. The standard InChI is InChI=1S/C32H36N4O2/c1-36(2)21-23-13-16-26(17-14-23)34-30(24-11-7-4-8-12-24)29-27-19-25(15-18-28(27)35-32(29)38)31(37)33-20-22-9-5-3-6-10-22/h4,7-8,11-19,22,34H,3,5-6,9-10,20-21H2,1-2H3,(H,33,37)(H,35,38). The Labute approximate surface area is 225 Å². The predicted octanol–water partition coefficient (Wildman–Crippen LogP) is 5.99. The van der Waals surface area contributed by atoms with Gasteiger partial charge < -0.3 is 20.9 Å². The number of nitrogens with one attached hydrogen (secondary N) is 3. The molecule has 2 aliphatic rings. The van der Waals surface area contributed by atoms with Crippen molar-refractivity contribution in [2.24, 2.45) is 5.92 Å². The van der Waals surface area contributed by atoms with E-state index in [0.29, 0.717) is 35.0 Å². The lowest BCUT2D eigenvalue weighted by Crippen LogP contribution is -2.30. The van der Waals surface area contributed by atoms with E-state index in [9.17, 15) is 9.59 Å². The molecule has 3 aromatic carbocycles. The quantitative estimate of drug-likeness (QED) is 0.327. The summed E-state index contributed by atoms with van der Waals surface area (Å²) in [6.45, 7) is 1.56. The summed E-state index contributed by atoms with van der Waals surface area (Å²) in [5.74, 6) is 0.275. The molecule has 0 saturated heterocycles. The number of anilines is 2. The molecule has 3 aromatic rings. The van der Waals surface area contributed by atoms with Crippen molar-refractivity contribution in [3.8, 4) is 0 Å². The molecule has 0 spiro atoms. The van der Waals surface area contributed by atoms with E-state index in [-0.39, 0.29) is 11.8 Å². The molecule has 38 heavy (non-hydrogen) atoms. The second kappa shape index (κ2) is 11.7. The number of hydrogen-bond acceptors (Lipinski definition) is 4. The van der Waals surface area contributed by atoms with E-state index < -0.39 is 0 Å². The molecule has 6 heteroatoms. The first-order valence-corrected chi connectivity index (χ1v) is 13.5. The van der Waals surface area contributed by atoms with Crippen LogP contribution in [-0.2, 0) is 11.3 Å². The van der Waals surface area contributed by atoms with Crippen LogP contribution >= 0.6 is 0 Å². The highest BCUT2D eigenvalue weighted by Crippen LogP contribution is 2.38. The normalized spacial score (nSPS) is 16.7. The molecule has 3 N–H and O–H groups in total. The van der Waals surface area contributed by atoms with Crippen molar-refractivity contribution in [3.05, 3.63) is 95.1 Å². The van der Waals surface area contributed by atoms with Gasteiger partial charge in [0.15, 0.2) is 0 Å². The van der Waals surface area contributed by atoms with Gasteiger partial charge in [0.2, 0.25) is 0 Å². The predicted molar refractivity (Wildman–Crippen MR) is 155 cm³/mol. The Kier molecular flexibility index (Phi) is 7.89. The van der Waals surface area contributed by atoms with Gasteiger partial charge in [0.1, 0.15) is 0 Å². The van der Waals surface area contributed by atoms with Gasteiger partial charge in [-0.3, -0.25) is 9.59 Å². The third kappa shape index (κ3) is 5.97. The molecule has 196 valence electrons. The number of fused-ring (bicyclic) bond motifs is 1. The van der Waals surface area contributed by atoms with E-state index in [4.69, 9.17) is 0 Å². The highest BCUT2D eigenvalue weighted by atomic mass is 16.2. The van der Waals surface area contributed by atoms with Gasteiger partial charge in [-0.15, -0.1) is 0 Å². The van der Waals surface area contributed by atoms with Crippen LogP contribution in [0.15, 0.2) is 72.8 Å². The SMILES string of the molecule is CN(C)Cc1ccc(NC(=C2C(=O)Nc3ccc(C(=O)NCC4CCCCC4)cc32)c2ccccc2)cc1. The molecule has 1 aliphatic heterocycles. The molecule has 0 atom stereocenters. The third-order valence-corrected chi connectivity index (χ3v) is 7.34. The van der Waals surface area contributed by atoms with Gasteiger partial charge in [-0.2, -0.15) is 0 Å². The minimum atomic E-state index is -0.185. The third-order valence-electron chi connectivity index (χ3n) is 7.34. The summed E-state index contributed by atoms with van der Waals surface area (Å²) >= 11 is 0. The lowest BCUT2D eigenvalue weighted by Gasteiger charge is -2.21. The molecule has 6 nitrogen and oxygen atoms in total. The summed E-state index contributed by atoms with van der Waals surface area (Å²) in [5.41, 5.74) is 6.25. The fraction of sp³-hybridized carbons (Fsp3) is 0.312. The molecular formula is C32H36N4O2. The van der Waals surface area contributed by atoms with Gasteiger partial charge in [-0.05, 0) is 74.3 Å². The minimum Gasteiger partial charge on any atom is -0.354 e. The maximum Gasteiger partial charge on any atom is 0.258 e. The van der Waals surface area contributed by atoms with Crippen LogP contribution in [0.4, 0.5) is 11.4 Å². The van der Waals surface area contributed by atoms with Gasteiger partial charge in [-0.1, -0.05) is 61.7 Å². The summed E-state index contributed by atoms with van der Waals surface area (Å²) in [4.78, 5) is 28.5. The van der Waals surface area contributed by atoms with E-state index in [1.165, 1.54) is 37.7 Å². The Bertz CT molecular complexity index is 1320. The van der Waals surface area contributed by atoms with Gasteiger partial charge in [0, 0.05) is 35.6 Å². The van der Waals surface area contributed by atoms with Gasteiger partial charge in [0.05, 0.1) is 11.3 Å². The lowest BCUT2D eigenvalue weighted by molar-refractivity contribution is -0.110. The lowest BCUT2D eigenvalue weighted by atomic mass is 9.89. The molecule has 1 fully saturated rings. The second-order valence-corrected chi connectivity index (χ2v) is 10.6. The van der Waals surface area contributed by atoms with Crippen molar-refractivity contribution in [2.45, 2.75) is 38.6 Å². The molecule has 2 amide bonds. The second-order valence-electron chi connectivity index (χ2n) is 10.6. The zero-order valence-corrected chi connectivity index (χ0v) is 22.2. The number of nitrogens with zero attached hydrogens (tertiary/aromatic N) is 1. The average Bonchev–Trinajstić information content (AvgIpc) is 3.26. The van der Waals surface area contributed by atoms with Crippen molar-refractivity contribution in [3.63, 3.8) is 0 Å². The van der Waals surface area contributed by atoms with E-state index in [1.807, 2.05) is 68.7 Å². The summed E-state index contributed by atoms with van der Waals surface area (Å²) in [6.07, 6.45) is 6.14. The van der Waals surface area contributed by atoms with Crippen LogP contribution in [0.5, 0.6) is 0 Å².